The molecule has 0 aromatic heterocycles. The lowest BCUT2D eigenvalue weighted by atomic mass is 9.90. The fourth-order valence-electron chi connectivity index (χ4n) is 8.20. The van der Waals surface area contributed by atoms with E-state index < -0.39 is 26.0 Å². The number of amidine groups is 1. The Hall–Kier alpha value is -4.48. The molecule has 49 heavy (non-hydrogen) atoms. The molecule has 0 N–H and O–H groups in total. The quantitative estimate of drug-likeness (QED) is 0.240. The molecule has 8 rings (SSSR count). The molecule has 0 bridgehead atoms. The van der Waals surface area contributed by atoms with Gasteiger partial charge in [-0.15, -0.1) is 0 Å². The number of carbonyl (C=O) groups is 1. The summed E-state index contributed by atoms with van der Waals surface area (Å²) in [5.74, 6) is -0.0799. The molecule has 3 heterocycles. The first-order valence-electron chi connectivity index (χ1n) is 16.9. The number of hydrogen-bond acceptors (Lipinski definition) is 6. The first kappa shape index (κ1) is 31.8. The predicted octanol–water partition coefficient (Wildman–Crippen LogP) is 6.18. The number of carbonyl (C=O) groups excluding carboxylic acids is 1. The van der Waals surface area contributed by atoms with Crippen LogP contribution in [-0.2, 0) is 32.9 Å². The highest BCUT2D eigenvalue weighted by Crippen LogP contribution is 2.40. The van der Waals surface area contributed by atoms with Gasteiger partial charge in [0, 0.05) is 17.6 Å². The van der Waals surface area contributed by atoms with Crippen molar-refractivity contribution in [2.45, 2.75) is 86.3 Å². The minimum absolute atomic E-state index is 0.0554. The van der Waals surface area contributed by atoms with Crippen LogP contribution in [0.4, 0.5) is 11.4 Å². The van der Waals surface area contributed by atoms with Crippen LogP contribution in [0.15, 0.2) is 112 Å². The van der Waals surface area contributed by atoms with Gasteiger partial charge in [-0.3, -0.25) is 23.3 Å². The third-order valence-electron chi connectivity index (χ3n) is 10.4. The van der Waals surface area contributed by atoms with Gasteiger partial charge in [-0.25, -0.2) is 16.8 Å². The summed E-state index contributed by atoms with van der Waals surface area (Å²) in [6.45, 7) is 3.78. The molecular weight excluding hydrogens is 657 g/mol. The third kappa shape index (κ3) is 5.08. The molecule has 1 amide bonds. The van der Waals surface area contributed by atoms with E-state index in [2.05, 4.69) is 0 Å². The molecule has 4 aromatic carbocycles. The highest BCUT2D eigenvalue weighted by atomic mass is 32.2. The van der Waals surface area contributed by atoms with Crippen LogP contribution < -0.4 is 8.61 Å². The zero-order valence-electron chi connectivity index (χ0n) is 27.4. The summed E-state index contributed by atoms with van der Waals surface area (Å²) in [7, 11) is -8.07. The lowest BCUT2D eigenvalue weighted by molar-refractivity contribution is 0.0782. The third-order valence-corrected chi connectivity index (χ3v) is 14.3. The van der Waals surface area contributed by atoms with Gasteiger partial charge in [-0.2, -0.15) is 0 Å². The number of rotatable bonds is 6. The minimum atomic E-state index is -4.12. The molecule has 11 heteroatoms. The molecule has 0 radical (unpaired) electrons. The number of hydrogen-bond donors (Lipinski definition) is 0. The molecule has 1 aliphatic carbocycles. The average molecular weight is 695 g/mol. The minimum Gasteiger partial charge on any atom is -0.287 e. The molecule has 0 saturated heterocycles. The van der Waals surface area contributed by atoms with Crippen molar-refractivity contribution in [1.29, 1.82) is 0 Å². The van der Waals surface area contributed by atoms with E-state index in [4.69, 9.17) is 4.99 Å². The molecule has 4 atom stereocenters. The molecule has 9 nitrogen and oxygen atoms in total. The van der Waals surface area contributed by atoms with Crippen molar-refractivity contribution in [3.63, 3.8) is 0 Å². The lowest BCUT2D eigenvalue weighted by Gasteiger charge is -2.32. The summed E-state index contributed by atoms with van der Waals surface area (Å²) in [5, 5.41) is 0. The van der Waals surface area contributed by atoms with Crippen molar-refractivity contribution in [1.82, 2.24) is 4.90 Å². The molecule has 1 saturated carbocycles. The topological polar surface area (TPSA) is 107 Å². The molecular formula is C38H38N4O5S2. The van der Waals surface area contributed by atoms with E-state index in [0.717, 1.165) is 36.8 Å². The number of sulfonamides is 2. The second-order valence-electron chi connectivity index (χ2n) is 13.5. The number of para-hydroxylation sites is 2. The van der Waals surface area contributed by atoms with E-state index >= 15 is 0 Å². The van der Waals surface area contributed by atoms with Crippen molar-refractivity contribution in [3.8, 4) is 0 Å². The SMILES string of the molecule is C[C@@H]1Cc2ccccc2N1S(=O)(=O)c1cccc(C2=N[C@@H]3CCCC[C@@H]3N2C(=O)c2ccccc2S(=O)(=O)N2c3ccccc3C[C@@H]2C)c1. The maximum atomic E-state index is 14.8. The van der Waals surface area contributed by atoms with E-state index in [9.17, 15) is 21.6 Å². The van der Waals surface area contributed by atoms with Crippen molar-refractivity contribution < 1.29 is 21.6 Å². The van der Waals surface area contributed by atoms with E-state index in [0.29, 0.717) is 35.6 Å². The zero-order chi connectivity index (χ0) is 34.1. The van der Waals surface area contributed by atoms with Crippen LogP contribution in [-0.4, -0.2) is 57.6 Å². The van der Waals surface area contributed by atoms with Crippen LogP contribution >= 0.6 is 0 Å². The maximum Gasteiger partial charge on any atom is 0.265 e. The predicted molar refractivity (Wildman–Crippen MR) is 190 cm³/mol. The van der Waals surface area contributed by atoms with Crippen molar-refractivity contribution >= 4 is 43.2 Å². The molecule has 0 unspecified atom stereocenters. The number of anilines is 2. The summed E-state index contributed by atoms with van der Waals surface area (Å²) < 4.78 is 60.2. The van der Waals surface area contributed by atoms with Gasteiger partial charge < -0.3 is 0 Å². The van der Waals surface area contributed by atoms with Crippen LogP contribution in [0.2, 0.25) is 0 Å². The van der Waals surface area contributed by atoms with Crippen LogP contribution in [0, 0.1) is 0 Å². The van der Waals surface area contributed by atoms with Crippen LogP contribution in [0.1, 0.15) is 66.6 Å². The summed E-state index contributed by atoms with van der Waals surface area (Å²) in [6, 6.07) is 27.1. The van der Waals surface area contributed by atoms with E-state index in [-0.39, 0.29) is 39.5 Å². The normalized spacial score (nSPS) is 23.2. The molecule has 0 spiro atoms. The Bertz CT molecular complexity index is 2240. The largest absolute Gasteiger partial charge is 0.287 e. The molecule has 4 aliphatic rings. The van der Waals surface area contributed by atoms with Crippen LogP contribution in [0.5, 0.6) is 0 Å². The van der Waals surface area contributed by atoms with E-state index in [1.165, 1.54) is 14.7 Å². The number of nitrogens with zero attached hydrogens (tertiary/aromatic N) is 4. The standard InChI is InChI=1S/C38H38N4O5S2/c1-25-22-27-12-3-7-18-33(27)41(25)48(44,45)30-15-11-14-29(24-30)37-39-32-17-6-9-20-35(32)40(37)38(43)31-16-5-10-21-36(31)49(46,47)42-26(2)23-28-13-4-8-19-34(28)42/h3-5,7-8,10-16,18-19,21,24-26,32,35H,6,9,17,20,22-23H2,1-2H3/t25-,26+,32-,35+/m1/s1. The summed E-state index contributed by atoms with van der Waals surface area (Å²) in [5.41, 5.74) is 3.81. The van der Waals surface area contributed by atoms with Gasteiger partial charge in [0.2, 0.25) is 0 Å². The summed E-state index contributed by atoms with van der Waals surface area (Å²) in [6.07, 6.45) is 4.60. The van der Waals surface area contributed by atoms with Gasteiger partial charge in [-0.1, -0.05) is 73.5 Å². The zero-order valence-corrected chi connectivity index (χ0v) is 29.1. The van der Waals surface area contributed by atoms with Crippen LogP contribution in [0.3, 0.4) is 0 Å². The second kappa shape index (κ2) is 11.8. The van der Waals surface area contributed by atoms with Crippen molar-refractivity contribution in [3.05, 3.63) is 119 Å². The van der Waals surface area contributed by atoms with Crippen LogP contribution in [0.25, 0.3) is 0 Å². The fraction of sp³-hybridized carbons (Fsp3) is 0.316. The second-order valence-corrected chi connectivity index (χ2v) is 17.1. The highest BCUT2D eigenvalue weighted by molar-refractivity contribution is 7.93. The Morgan fingerprint density at radius 2 is 1.29 bits per heavy atom. The van der Waals surface area contributed by atoms with Gasteiger partial charge in [0.05, 0.1) is 33.9 Å². The van der Waals surface area contributed by atoms with Gasteiger partial charge in [0.1, 0.15) is 10.7 Å². The van der Waals surface area contributed by atoms with Crippen molar-refractivity contribution in [2.75, 3.05) is 8.61 Å². The fourth-order valence-corrected chi connectivity index (χ4v) is 11.8. The van der Waals surface area contributed by atoms with E-state index in [1.807, 2.05) is 56.3 Å². The number of amides is 1. The Morgan fingerprint density at radius 1 is 0.694 bits per heavy atom. The van der Waals surface area contributed by atoms with E-state index in [1.54, 1.807) is 53.4 Å². The molecule has 252 valence electrons. The Labute approximate surface area is 288 Å². The van der Waals surface area contributed by atoms with Gasteiger partial charge in [0.15, 0.2) is 0 Å². The molecule has 4 aromatic rings. The molecule has 1 fully saturated rings. The van der Waals surface area contributed by atoms with Crippen molar-refractivity contribution in [2.24, 2.45) is 4.99 Å². The van der Waals surface area contributed by atoms with Gasteiger partial charge >= 0.3 is 0 Å². The summed E-state index contributed by atoms with van der Waals surface area (Å²) in [4.78, 5) is 21.5. The summed E-state index contributed by atoms with van der Waals surface area (Å²) >= 11 is 0. The Balaban J connectivity index is 1.19. The maximum absolute atomic E-state index is 14.8. The number of fused-ring (bicyclic) bond motifs is 3. The Kier molecular flexibility index (Phi) is 7.68. The van der Waals surface area contributed by atoms with Gasteiger partial charge in [0.25, 0.3) is 26.0 Å². The smallest absolute Gasteiger partial charge is 0.265 e. The number of aliphatic imine (C=N–C) groups is 1. The first-order valence-corrected chi connectivity index (χ1v) is 19.8. The number of benzene rings is 4. The monoisotopic (exact) mass is 694 g/mol. The molecule has 3 aliphatic heterocycles. The Morgan fingerprint density at radius 3 is 1.98 bits per heavy atom. The lowest BCUT2D eigenvalue weighted by Crippen LogP contribution is -2.46. The van der Waals surface area contributed by atoms with Gasteiger partial charge in [-0.05, 0) is 87.1 Å². The highest BCUT2D eigenvalue weighted by Gasteiger charge is 2.45. The first-order chi connectivity index (χ1) is 23.6. The average Bonchev–Trinajstić information content (AvgIpc) is 3.78.